The molecular weight excluding hydrogens is 355 g/mol. The van der Waals surface area contributed by atoms with Gasteiger partial charge in [-0.1, -0.05) is 35.3 Å². The van der Waals surface area contributed by atoms with Crippen LogP contribution in [0, 0.1) is 6.92 Å². The number of thiazole rings is 1. The van der Waals surface area contributed by atoms with E-state index in [1.165, 1.54) is 11.3 Å². The van der Waals surface area contributed by atoms with Crippen molar-refractivity contribution in [3.8, 4) is 0 Å². The maximum atomic E-state index is 12.5. The molecule has 0 atom stereocenters. The van der Waals surface area contributed by atoms with E-state index in [9.17, 15) is 9.90 Å². The molecule has 2 heterocycles. The first-order valence-electron chi connectivity index (χ1n) is 7.30. The molecule has 0 spiro atoms. The Bertz CT molecular complexity index is 722. The molecule has 1 fully saturated rings. The fourth-order valence-corrected chi connectivity index (χ4v) is 4.02. The minimum absolute atomic E-state index is 0.121. The second-order valence-corrected chi connectivity index (χ2v) is 7.92. The summed E-state index contributed by atoms with van der Waals surface area (Å²) in [4.78, 5) is 19.2. The number of nitrogens with zero attached hydrogens (tertiary/aromatic N) is 2. The first-order chi connectivity index (χ1) is 10.9. The summed E-state index contributed by atoms with van der Waals surface area (Å²) < 4.78 is 0.375. The van der Waals surface area contributed by atoms with E-state index in [-0.39, 0.29) is 5.91 Å². The number of aliphatic hydroxyl groups is 1. The van der Waals surface area contributed by atoms with Crippen LogP contribution in [0.25, 0.3) is 0 Å². The van der Waals surface area contributed by atoms with Crippen LogP contribution in [0.3, 0.4) is 0 Å². The zero-order valence-electron chi connectivity index (χ0n) is 12.6. The molecule has 0 aliphatic carbocycles. The number of rotatable bonds is 2. The normalized spacial score (nSPS) is 17.3. The van der Waals surface area contributed by atoms with Gasteiger partial charge < -0.3 is 10.0 Å². The van der Waals surface area contributed by atoms with E-state index >= 15 is 0 Å². The summed E-state index contributed by atoms with van der Waals surface area (Å²) >= 11 is 13.1. The topological polar surface area (TPSA) is 53.4 Å². The number of aromatic nitrogens is 1. The number of aryl methyl sites for hydroxylation is 1. The molecule has 1 amide bonds. The van der Waals surface area contributed by atoms with E-state index in [0.717, 1.165) is 10.4 Å². The Balaban J connectivity index is 1.71. The molecule has 0 bridgehead atoms. The predicted molar refractivity (Wildman–Crippen MR) is 92.3 cm³/mol. The zero-order valence-corrected chi connectivity index (χ0v) is 14.9. The van der Waals surface area contributed by atoms with Gasteiger partial charge in [0.15, 0.2) is 4.47 Å². The molecule has 2 aromatic rings. The minimum Gasteiger partial charge on any atom is -0.385 e. The molecule has 0 saturated carbocycles. The standard InChI is InChI=1S/C16H16Cl2N2O2S/c1-10-13(19-15(18)23-10)14(21)20-8-6-16(22,7-9-20)11-2-4-12(17)5-3-11/h2-5,22H,6-9H2,1H3. The number of likely N-dealkylation sites (tertiary alicyclic amines) is 1. The Hall–Kier alpha value is -1.14. The number of amides is 1. The SMILES string of the molecule is Cc1sc(Cl)nc1C(=O)N1CCC(O)(c2ccc(Cl)cc2)CC1. The maximum Gasteiger partial charge on any atom is 0.273 e. The largest absolute Gasteiger partial charge is 0.385 e. The Labute approximate surface area is 148 Å². The van der Waals surface area contributed by atoms with E-state index in [2.05, 4.69) is 4.98 Å². The van der Waals surface area contributed by atoms with Crippen molar-refractivity contribution in [3.05, 3.63) is 49.9 Å². The molecule has 23 heavy (non-hydrogen) atoms. The van der Waals surface area contributed by atoms with Gasteiger partial charge in [-0.3, -0.25) is 4.79 Å². The lowest BCUT2D eigenvalue weighted by Crippen LogP contribution is -2.45. The average molecular weight is 371 g/mol. The van der Waals surface area contributed by atoms with Crippen LogP contribution in [0.5, 0.6) is 0 Å². The van der Waals surface area contributed by atoms with Crippen molar-refractivity contribution in [1.29, 1.82) is 0 Å². The monoisotopic (exact) mass is 370 g/mol. The quantitative estimate of drug-likeness (QED) is 0.872. The van der Waals surface area contributed by atoms with Gasteiger partial charge in [-0.2, -0.15) is 0 Å². The van der Waals surface area contributed by atoms with Crippen LogP contribution in [0.15, 0.2) is 24.3 Å². The van der Waals surface area contributed by atoms with Crippen molar-refractivity contribution in [2.75, 3.05) is 13.1 Å². The van der Waals surface area contributed by atoms with Crippen molar-refractivity contribution in [2.45, 2.75) is 25.4 Å². The van der Waals surface area contributed by atoms with E-state index in [0.29, 0.717) is 41.1 Å². The van der Waals surface area contributed by atoms with Crippen LogP contribution in [0.4, 0.5) is 0 Å². The third kappa shape index (κ3) is 3.38. The summed E-state index contributed by atoms with van der Waals surface area (Å²) in [6, 6.07) is 7.22. The highest BCUT2D eigenvalue weighted by atomic mass is 35.5. The van der Waals surface area contributed by atoms with Crippen LogP contribution in [-0.2, 0) is 5.60 Å². The van der Waals surface area contributed by atoms with Crippen molar-refractivity contribution in [1.82, 2.24) is 9.88 Å². The first-order valence-corrected chi connectivity index (χ1v) is 8.87. The second-order valence-electron chi connectivity index (χ2n) is 5.70. The van der Waals surface area contributed by atoms with Crippen molar-refractivity contribution < 1.29 is 9.90 Å². The minimum atomic E-state index is -0.921. The van der Waals surface area contributed by atoms with Crippen molar-refractivity contribution in [2.24, 2.45) is 0 Å². The molecule has 122 valence electrons. The van der Waals surface area contributed by atoms with E-state index in [4.69, 9.17) is 23.2 Å². The number of hydrogen-bond acceptors (Lipinski definition) is 4. The number of carbonyl (C=O) groups is 1. The van der Waals surface area contributed by atoms with Gasteiger partial charge in [0.2, 0.25) is 0 Å². The highest BCUT2D eigenvalue weighted by molar-refractivity contribution is 7.15. The van der Waals surface area contributed by atoms with Crippen molar-refractivity contribution >= 4 is 40.4 Å². The van der Waals surface area contributed by atoms with Gasteiger partial charge >= 0.3 is 0 Å². The molecule has 0 radical (unpaired) electrons. The fraction of sp³-hybridized carbons (Fsp3) is 0.375. The van der Waals surface area contributed by atoms with Gasteiger partial charge in [-0.25, -0.2) is 4.98 Å². The summed E-state index contributed by atoms with van der Waals surface area (Å²) in [5, 5.41) is 11.5. The smallest absolute Gasteiger partial charge is 0.273 e. The molecule has 1 aliphatic rings. The Morgan fingerprint density at radius 3 is 2.39 bits per heavy atom. The highest BCUT2D eigenvalue weighted by Crippen LogP contribution is 2.34. The molecule has 3 rings (SSSR count). The van der Waals surface area contributed by atoms with E-state index < -0.39 is 5.60 Å². The summed E-state index contributed by atoms with van der Waals surface area (Å²) in [5.74, 6) is -0.121. The summed E-state index contributed by atoms with van der Waals surface area (Å²) in [6.45, 7) is 2.80. The Morgan fingerprint density at radius 2 is 1.87 bits per heavy atom. The van der Waals surface area contributed by atoms with Crippen LogP contribution in [0.2, 0.25) is 9.49 Å². The molecule has 4 nitrogen and oxygen atoms in total. The lowest BCUT2D eigenvalue weighted by atomic mass is 9.84. The molecule has 0 unspecified atom stereocenters. The molecule has 1 aromatic carbocycles. The first kappa shape index (κ1) is 16.7. The van der Waals surface area contributed by atoms with Crippen LogP contribution >= 0.6 is 34.5 Å². The summed E-state index contributed by atoms with van der Waals surface area (Å²) in [6.07, 6.45) is 0.967. The fourth-order valence-electron chi connectivity index (χ4n) is 2.84. The van der Waals surface area contributed by atoms with Crippen LogP contribution in [-0.4, -0.2) is 34.0 Å². The summed E-state index contributed by atoms with van der Waals surface area (Å²) in [5.41, 5.74) is 0.328. The van der Waals surface area contributed by atoms with Gasteiger partial charge in [0, 0.05) is 23.0 Å². The maximum absolute atomic E-state index is 12.5. The third-order valence-corrected chi connectivity index (χ3v) is 5.56. The Kier molecular flexibility index (Phi) is 4.65. The lowest BCUT2D eigenvalue weighted by molar-refractivity contribution is -0.0212. The van der Waals surface area contributed by atoms with Gasteiger partial charge in [0.05, 0.1) is 5.60 Å². The number of piperidine rings is 1. The van der Waals surface area contributed by atoms with E-state index in [1.807, 2.05) is 19.1 Å². The van der Waals surface area contributed by atoms with Crippen LogP contribution in [0.1, 0.15) is 33.8 Å². The predicted octanol–water partition coefficient (Wildman–Crippen LogP) is 3.88. The molecule has 7 heteroatoms. The van der Waals surface area contributed by atoms with E-state index in [1.54, 1.807) is 17.0 Å². The molecule has 1 aromatic heterocycles. The molecule has 1 aliphatic heterocycles. The number of carbonyl (C=O) groups excluding carboxylic acids is 1. The second kappa shape index (κ2) is 6.40. The number of halogens is 2. The summed E-state index contributed by atoms with van der Waals surface area (Å²) in [7, 11) is 0. The highest BCUT2D eigenvalue weighted by Gasteiger charge is 2.36. The average Bonchev–Trinajstić information content (AvgIpc) is 2.86. The van der Waals surface area contributed by atoms with Gasteiger partial charge in [-0.15, -0.1) is 11.3 Å². The van der Waals surface area contributed by atoms with Crippen molar-refractivity contribution in [3.63, 3.8) is 0 Å². The molecular formula is C16H16Cl2N2O2S. The van der Waals surface area contributed by atoms with Gasteiger partial charge in [0.25, 0.3) is 5.91 Å². The third-order valence-electron chi connectivity index (χ3n) is 4.23. The Morgan fingerprint density at radius 1 is 1.26 bits per heavy atom. The zero-order chi connectivity index (χ0) is 16.6. The van der Waals surface area contributed by atoms with Crippen LogP contribution < -0.4 is 0 Å². The van der Waals surface area contributed by atoms with Gasteiger partial charge in [-0.05, 0) is 37.5 Å². The number of benzene rings is 1. The molecule has 1 N–H and O–H groups in total. The lowest BCUT2D eigenvalue weighted by Gasteiger charge is -2.38. The van der Waals surface area contributed by atoms with Gasteiger partial charge in [0.1, 0.15) is 5.69 Å². The number of hydrogen-bond donors (Lipinski definition) is 1. The molecule has 1 saturated heterocycles.